The van der Waals surface area contributed by atoms with Crippen LogP contribution in [0, 0.1) is 6.92 Å². The van der Waals surface area contributed by atoms with Crippen molar-refractivity contribution in [3.8, 4) is 5.75 Å². The SMILES string of the molecule is CCN/C=C(\N)COC(c1ccc(C)c(CN2C[C@@H](CC)Oc3ccccc3S2(=O)=O)c1)C(F)(F)C(=O)OCC. The van der Waals surface area contributed by atoms with Crippen LogP contribution in [0.15, 0.2) is 59.3 Å². The minimum Gasteiger partial charge on any atom is -0.488 e. The van der Waals surface area contributed by atoms with Gasteiger partial charge in [-0.25, -0.2) is 13.2 Å². The molecule has 9 nitrogen and oxygen atoms in total. The smallest absolute Gasteiger partial charge is 0.380 e. The van der Waals surface area contributed by atoms with Gasteiger partial charge in [-0.1, -0.05) is 37.3 Å². The Morgan fingerprint density at radius 1 is 1.25 bits per heavy atom. The number of nitrogens with one attached hydrogen (secondary N) is 1. The minimum atomic E-state index is -4.05. The van der Waals surface area contributed by atoms with Crippen molar-refractivity contribution in [2.45, 2.75) is 63.7 Å². The molecular weight excluding hydrogens is 544 g/mol. The lowest BCUT2D eigenvalue weighted by Gasteiger charge is -2.27. The number of alkyl halides is 2. The van der Waals surface area contributed by atoms with Gasteiger partial charge in [-0.2, -0.15) is 13.1 Å². The minimum absolute atomic E-state index is 0.0224. The molecule has 220 valence electrons. The Labute approximate surface area is 234 Å². The lowest BCUT2D eigenvalue weighted by Crippen LogP contribution is -2.39. The predicted molar refractivity (Wildman–Crippen MR) is 146 cm³/mol. The maximum Gasteiger partial charge on any atom is 0.380 e. The van der Waals surface area contributed by atoms with Crippen molar-refractivity contribution in [1.82, 2.24) is 9.62 Å². The average Bonchev–Trinajstić information content (AvgIpc) is 3.02. The van der Waals surface area contributed by atoms with E-state index in [2.05, 4.69) is 10.1 Å². The fourth-order valence-corrected chi connectivity index (χ4v) is 5.79. The Morgan fingerprint density at radius 2 is 1.98 bits per heavy atom. The first-order valence-electron chi connectivity index (χ1n) is 13.1. The van der Waals surface area contributed by atoms with Gasteiger partial charge in [0.15, 0.2) is 6.10 Å². The fourth-order valence-electron chi connectivity index (χ4n) is 4.22. The van der Waals surface area contributed by atoms with Crippen LogP contribution in [0.4, 0.5) is 8.78 Å². The fraction of sp³-hybridized carbons (Fsp3) is 0.464. The van der Waals surface area contributed by atoms with Crippen LogP contribution in [0.3, 0.4) is 0 Å². The number of carbonyl (C=O) groups is 1. The molecule has 0 fully saturated rings. The highest BCUT2D eigenvalue weighted by Gasteiger charge is 2.51. The maximum absolute atomic E-state index is 15.4. The lowest BCUT2D eigenvalue weighted by atomic mass is 9.97. The van der Waals surface area contributed by atoms with Crippen LogP contribution in [-0.4, -0.2) is 57.0 Å². The molecule has 12 heteroatoms. The summed E-state index contributed by atoms with van der Waals surface area (Å²) in [5.41, 5.74) is 7.16. The molecule has 0 saturated heterocycles. The van der Waals surface area contributed by atoms with E-state index < -0.39 is 34.1 Å². The van der Waals surface area contributed by atoms with E-state index in [1.165, 1.54) is 35.6 Å². The molecule has 2 atom stereocenters. The van der Waals surface area contributed by atoms with Crippen molar-refractivity contribution in [3.63, 3.8) is 0 Å². The predicted octanol–water partition coefficient (Wildman–Crippen LogP) is 4.02. The van der Waals surface area contributed by atoms with Crippen molar-refractivity contribution in [2.24, 2.45) is 5.73 Å². The van der Waals surface area contributed by atoms with E-state index in [1.54, 1.807) is 31.2 Å². The summed E-state index contributed by atoms with van der Waals surface area (Å²) < 4.78 is 75.4. The van der Waals surface area contributed by atoms with Crippen molar-refractivity contribution >= 4 is 16.0 Å². The zero-order valence-corrected chi connectivity index (χ0v) is 24.0. The molecule has 0 spiro atoms. The molecule has 1 aliphatic heterocycles. The van der Waals surface area contributed by atoms with E-state index in [9.17, 15) is 13.2 Å². The zero-order chi connectivity index (χ0) is 29.5. The number of hydrogen-bond donors (Lipinski definition) is 2. The van der Waals surface area contributed by atoms with Crippen LogP contribution < -0.4 is 15.8 Å². The van der Waals surface area contributed by atoms with Crippen LogP contribution >= 0.6 is 0 Å². The summed E-state index contributed by atoms with van der Waals surface area (Å²) in [4.78, 5) is 12.3. The van der Waals surface area contributed by atoms with Gasteiger partial charge in [0.2, 0.25) is 10.0 Å². The number of benzene rings is 2. The summed E-state index contributed by atoms with van der Waals surface area (Å²) in [5, 5.41) is 2.86. The molecular formula is C28H37F2N3O6S. The lowest BCUT2D eigenvalue weighted by molar-refractivity contribution is -0.195. The summed E-state index contributed by atoms with van der Waals surface area (Å²) in [5.74, 6) is -5.51. The Bertz CT molecular complexity index is 1320. The van der Waals surface area contributed by atoms with Crippen LogP contribution in [0.25, 0.3) is 0 Å². The van der Waals surface area contributed by atoms with Crippen LogP contribution in [0.5, 0.6) is 5.75 Å². The second-order valence-corrected chi connectivity index (χ2v) is 11.3. The highest BCUT2D eigenvalue weighted by Crippen LogP contribution is 2.38. The Morgan fingerprint density at radius 3 is 2.65 bits per heavy atom. The van der Waals surface area contributed by atoms with Crippen molar-refractivity contribution in [3.05, 3.63) is 71.1 Å². The Balaban J connectivity index is 2.01. The molecule has 0 radical (unpaired) electrons. The molecule has 2 aromatic carbocycles. The Kier molecular flexibility index (Phi) is 10.5. The zero-order valence-electron chi connectivity index (χ0n) is 23.2. The molecule has 0 bridgehead atoms. The number of nitrogens with zero attached hydrogens (tertiary/aromatic N) is 1. The quantitative estimate of drug-likeness (QED) is 0.361. The average molecular weight is 582 g/mol. The van der Waals surface area contributed by atoms with Crippen LogP contribution in [0.2, 0.25) is 0 Å². The molecule has 0 saturated carbocycles. The van der Waals surface area contributed by atoms with Gasteiger partial charge in [-0.15, -0.1) is 0 Å². The van der Waals surface area contributed by atoms with Crippen LogP contribution in [-0.2, 0) is 30.8 Å². The number of rotatable bonds is 12. The van der Waals surface area contributed by atoms with E-state index in [-0.39, 0.29) is 48.2 Å². The molecule has 1 aliphatic rings. The molecule has 3 N–H and O–H groups in total. The molecule has 1 unspecified atom stereocenters. The number of halogens is 2. The number of para-hydroxylation sites is 1. The molecule has 2 aromatic rings. The highest BCUT2D eigenvalue weighted by molar-refractivity contribution is 7.89. The summed E-state index contributed by atoms with van der Waals surface area (Å²) >= 11 is 0. The standard InChI is InChI=1S/C28H37F2N3O6S/c1-5-23-17-33(40(35,36)25-11-9-8-10-24(25)39-23)16-21-14-20(13-12-19(21)4)26(28(29,30)27(34)37-7-3)38-18-22(31)15-32-6-2/h8-15,23,26,32H,5-7,16-18,31H2,1-4H3/b22-15-/t23-,26?/m1/s1. The normalized spacial score (nSPS) is 18.2. The van der Waals surface area contributed by atoms with Crippen LogP contribution in [0.1, 0.15) is 50.0 Å². The first-order chi connectivity index (χ1) is 18.9. The third-order valence-corrected chi connectivity index (χ3v) is 8.28. The van der Waals surface area contributed by atoms with Gasteiger partial charge in [0, 0.05) is 19.3 Å². The summed E-state index contributed by atoms with van der Waals surface area (Å²) in [6.07, 6.45) is -0.442. The van der Waals surface area contributed by atoms with Gasteiger partial charge in [-0.3, -0.25) is 0 Å². The number of hydrogen-bond acceptors (Lipinski definition) is 8. The maximum atomic E-state index is 15.4. The van der Waals surface area contributed by atoms with Crippen molar-refractivity contribution in [1.29, 1.82) is 0 Å². The molecule has 3 rings (SSSR count). The largest absolute Gasteiger partial charge is 0.488 e. The molecule has 1 heterocycles. The first kappa shape index (κ1) is 31.3. The third-order valence-electron chi connectivity index (χ3n) is 6.43. The van der Waals surface area contributed by atoms with E-state index in [0.29, 0.717) is 24.1 Å². The van der Waals surface area contributed by atoms with Gasteiger partial charge in [0.05, 0.1) is 25.5 Å². The van der Waals surface area contributed by atoms with Gasteiger partial charge < -0.3 is 25.3 Å². The molecule has 0 aliphatic carbocycles. The molecule has 0 aromatic heterocycles. The second-order valence-electron chi connectivity index (χ2n) is 9.39. The number of ether oxygens (including phenoxy) is 3. The summed E-state index contributed by atoms with van der Waals surface area (Å²) in [7, 11) is -3.97. The van der Waals surface area contributed by atoms with Gasteiger partial charge >= 0.3 is 11.9 Å². The topological polar surface area (TPSA) is 120 Å². The molecule has 0 amide bonds. The van der Waals surface area contributed by atoms with E-state index >= 15 is 8.78 Å². The first-order valence-corrected chi connectivity index (χ1v) is 14.6. The van der Waals surface area contributed by atoms with Gasteiger partial charge in [0.25, 0.3) is 0 Å². The Hall–Kier alpha value is -3.22. The summed E-state index contributed by atoms with van der Waals surface area (Å²) in [6, 6.07) is 10.9. The van der Waals surface area contributed by atoms with E-state index in [1.807, 2.05) is 13.8 Å². The number of aryl methyl sites for hydroxylation is 1. The number of esters is 1. The van der Waals surface area contributed by atoms with Crippen molar-refractivity contribution < 1.29 is 36.2 Å². The molecule has 40 heavy (non-hydrogen) atoms. The number of nitrogens with two attached hydrogens (primary N) is 1. The van der Waals surface area contributed by atoms with Gasteiger partial charge in [0.1, 0.15) is 16.7 Å². The summed E-state index contributed by atoms with van der Waals surface area (Å²) in [6.45, 7) is 6.83. The third kappa shape index (κ3) is 7.10. The van der Waals surface area contributed by atoms with E-state index in [4.69, 9.17) is 15.2 Å². The van der Waals surface area contributed by atoms with Crippen molar-refractivity contribution in [2.75, 3.05) is 26.3 Å². The number of sulfonamides is 1. The van der Waals surface area contributed by atoms with Gasteiger partial charge in [-0.05, 0) is 56.0 Å². The van der Waals surface area contributed by atoms with E-state index in [0.717, 1.165) is 0 Å². The number of fused-ring (bicyclic) bond motifs is 1. The second kappa shape index (κ2) is 13.4. The monoisotopic (exact) mass is 581 g/mol. The number of carbonyl (C=O) groups excluding carboxylic acids is 1. The highest BCUT2D eigenvalue weighted by atomic mass is 32.2.